The summed E-state index contributed by atoms with van der Waals surface area (Å²) in [6.07, 6.45) is 4.51. The minimum Gasteiger partial charge on any atom is -0.323 e. The van der Waals surface area contributed by atoms with Crippen LogP contribution in [0.5, 0.6) is 0 Å². The Hall–Kier alpha value is -1.44. The van der Waals surface area contributed by atoms with Crippen LogP contribution in [0.3, 0.4) is 0 Å². The molecule has 6 nitrogen and oxygen atoms in total. The number of benzene rings is 1. The Balaban J connectivity index is 1.51. The van der Waals surface area contributed by atoms with E-state index in [2.05, 4.69) is 24.1 Å². The molecule has 3 aliphatic rings. The van der Waals surface area contributed by atoms with Gasteiger partial charge < -0.3 is 4.90 Å². The van der Waals surface area contributed by atoms with Gasteiger partial charge in [-0.15, -0.1) is 0 Å². The molecule has 1 atom stereocenters. The Bertz CT molecular complexity index is 813. The highest BCUT2D eigenvalue weighted by Gasteiger charge is 2.53. The van der Waals surface area contributed by atoms with E-state index in [4.69, 9.17) is 0 Å². The topological polar surface area (TPSA) is 69.7 Å². The molecule has 0 aromatic heterocycles. The number of nitrogens with zero attached hydrogens (tertiary/aromatic N) is 2. The second kappa shape index (κ2) is 7.43. The van der Waals surface area contributed by atoms with Crippen molar-refractivity contribution >= 4 is 15.9 Å². The molecule has 1 aliphatic carbocycles. The number of hydrogen-bond donors (Lipinski definition) is 1. The Labute approximate surface area is 168 Å². The molecule has 1 amide bonds. The number of sulfonamides is 1. The maximum absolute atomic E-state index is 13.1. The lowest BCUT2D eigenvalue weighted by Gasteiger charge is -2.44. The van der Waals surface area contributed by atoms with E-state index in [9.17, 15) is 13.2 Å². The number of carbonyl (C=O) groups excluding carboxylic acids is 1. The van der Waals surface area contributed by atoms with Crippen molar-refractivity contribution in [2.24, 2.45) is 11.8 Å². The van der Waals surface area contributed by atoms with E-state index in [0.29, 0.717) is 42.7 Å². The van der Waals surface area contributed by atoms with Gasteiger partial charge in [0.05, 0.1) is 16.6 Å². The molecule has 2 aliphatic heterocycles. The maximum Gasteiger partial charge on any atom is 0.243 e. The van der Waals surface area contributed by atoms with E-state index >= 15 is 0 Å². The first kappa shape index (κ1) is 19.9. The van der Waals surface area contributed by atoms with Gasteiger partial charge in [-0.3, -0.25) is 10.1 Å². The SMILES string of the molecule is CC(C)C[C@H]1NC2(CCN(S(=O)(=O)c3ccccc3)CC2)N(CC2CC2)C1=O. The molecular weight excluding hydrogens is 374 g/mol. The molecule has 1 saturated carbocycles. The van der Waals surface area contributed by atoms with Gasteiger partial charge in [0.15, 0.2) is 0 Å². The molecular formula is C21H31N3O3S. The summed E-state index contributed by atoms with van der Waals surface area (Å²) in [4.78, 5) is 15.5. The average molecular weight is 406 g/mol. The lowest BCUT2D eigenvalue weighted by molar-refractivity contribution is -0.133. The number of carbonyl (C=O) groups is 1. The van der Waals surface area contributed by atoms with Crippen LogP contribution in [0.4, 0.5) is 0 Å². The summed E-state index contributed by atoms with van der Waals surface area (Å²) in [5.41, 5.74) is -0.387. The molecule has 1 spiro atoms. The molecule has 1 aromatic carbocycles. The van der Waals surface area contributed by atoms with Gasteiger partial charge in [-0.1, -0.05) is 32.0 Å². The summed E-state index contributed by atoms with van der Waals surface area (Å²) in [6, 6.07) is 8.48. The summed E-state index contributed by atoms with van der Waals surface area (Å²) < 4.78 is 27.5. The molecule has 154 valence electrons. The van der Waals surface area contributed by atoms with Crippen LogP contribution in [0.1, 0.15) is 46.0 Å². The number of nitrogens with one attached hydrogen (secondary N) is 1. The van der Waals surface area contributed by atoms with E-state index in [-0.39, 0.29) is 17.6 Å². The van der Waals surface area contributed by atoms with Gasteiger partial charge in [-0.05, 0) is 56.1 Å². The first-order valence-corrected chi connectivity index (χ1v) is 11.9. The predicted octanol–water partition coefficient (Wildman–Crippen LogP) is 2.42. The summed E-state index contributed by atoms with van der Waals surface area (Å²) in [7, 11) is -3.48. The van der Waals surface area contributed by atoms with Crippen LogP contribution < -0.4 is 5.32 Å². The summed E-state index contributed by atoms with van der Waals surface area (Å²) in [5.74, 6) is 1.27. The van der Waals surface area contributed by atoms with E-state index < -0.39 is 10.0 Å². The second-order valence-electron chi connectivity index (χ2n) is 8.97. The lowest BCUT2D eigenvalue weighted by atomic mass is 9.96. The smallest absolute Gasteiger partial charge is 0.243 e. The molecule has 0 radical (unpaired) electrons. The third-order valence-corrected chi connectivity index (χ3v) is 8.21. The fraction of sp³-hybridized carbons (Fsp3) is 0.667. The quantitative estimate of drug-likeness (QED) is 0.789. The van der Waals surface area contributed by atoms with E-state index in [1.54, 1.807) is 28.6 Å². The first-order valence-electron chi connectivity index (χ1n) is 10.5. The van der Waals surface area contributed by atoms with Crippen LogP contribution in [0.15, 0.2) is 35.2 Å². The van der Waals surface area contributed by atoms with Gasteiger partial charge in [-0.2, -0.15) is 4.31 Å². The fourth-order valence-electron chi connectivity index (χ4n) is 4.57. The van der Waals surface area contributed by atoms with Crippen LogP contribution in [-0.4, -0.2) is 54.9 Å². The minimum atomic E-state index is -3.48. The fourth-order valence-corrected chi connectivity index (χ4v) is 6.03. The molecule has 3 fully saturated rings. The van der Waals surface area contributed by atoms with Crippen molar-refractivity contribution in [1.82, 2.24) is 14.5 Å². The number of amides is 1. The Morgan fingerprint density at radius 2 is 1.79 bits per heavy atom. The van der Waals surface area contributed by atoms with Crippen LogP contribution in [0.25, 0.3) is 0 Å². The van der Waals surface area contributed by atoms with Crippen molar-refractivity contribution < 1.29 is 13.2 Å². The molecule has 28 heavy (non-hydrogen) atoms. The first-order chi connectivity index (χ1) is 13.3. The minimum absolute atomic E-state index is 0.143. The molecule has 7 heteroatoms. The average Bonchev–Trinajstić information content (AvgIpc) is 3.46. The third kappa shape index (κ3) is 3.72. The van der Waals surface area contributed by atoms with Crippen LogP contribution in [0, 0.1) is 11.8 Å². The second-order valence-corrected chi connectivity index (χ2v) is 10.9. The zero-order valence-corrected chi connectivity index (χ0v) is 17.6. The van der Waals surface area contributed by atoms with Crippen LogP contribution >= 0.6 is 0 Å². The molecule has 2 saturated heterocycles. The summed E-state index contributed by atoms with van der Waals surface area (Å²) in [5, 5.41) is 3.64. The van der Waals surface area contributed by atoms with Crippen molar-refractivity contribution in [3.8, 4) is 0 Å². The zero-order valence-electron chi connectivity index (χ0n) is 16.8. The third-order valence-electron chi connectivity index (χ3n) is 6.30. The van der Waals surface area contributed by atoms with Crippen molar-refractivity contribution in [2.45, 2.75) is 62.6 Å². The Morgan fingerprint density at radius 1 is 1.14 bits per heavy atom. The van der Waals surface area contributed by atoms with Gasteiger partial charge in [0.1, 0.15) is 0 Å². The van der Waals surface area contributed by atoms with Gasteiger partial charge in [0.2, 0.25) is 15.9 Å². The van der Waals surface area contributed by atoms with E-state index in [1.165, 1.54) is 12.8 Å². The molecule has 1 N–H and O–H groups in total. The van der Waals surface area contributed by atoms with Gasteiger partial charge >= 0.3 is 0 Å². The summed E-state index contributed by atoms with van der Waals surface area (Å²) in [6.45, 7) is 5.96. The lowest BCUT2D eigenvalue weighted by Crippen LogP contribution is -2.59. The van der Waals surface area contributed by atoms with E-state index in [0.717, 1.165) is 13.0 Å². The van der Waals surface area contributed by atoms with Crippen molar-refractivity contribution in [3.05, 3.63) is 30.3 Å². The normalized spacial score (nSPS) is 25.8. The monoisotopic (exact) mass is 405 g/mol. The maximum atomic E-state index is 13.1. The highest BCUT2D eigenvalue weighted by molar-refractivity contribution is 7.89. The van der Waals surface area contributed by atoms with E-state index in [1.807, 2.05) is 6.07 Å². The molecule has 0 bridgehead atoms. The number of hydrogen-bond acceptors (Lipinski definition) is 4. The Morgan fingerprint density at radius 3 is 2.36 bits per heavy atom. The molecule has 2 heterocycles. The number of piperidine rings is 1. The zero-order chi connectivity index (χ0) is 19.9. The van der Waals surface area contributed by atoms with Crippen LogP contribution in [0.2, 0.25) is 0 Å². The Kier molecular flexibility index (Phi) is 5.27. The van der Waals surface area contributed by atoms with Crippen LogP contribution in [-0.2, 0) is 14.8 Å². The number of rotatable bonds is 6. The van der Waals surface area contributed by atoms with Crippen molar-refractivity contribution in [1.29, 1.82) is 0 Å². The van der Waals surface area contributed by atoms with Crippen molar-refractivity contribution in [3.63, 3.8) is 0 Å². The van der Waals surface area contributed by atoms with Gasteiger partial charge in [0, 0.05) is 19.6 Å². The molecule has 4 rings (SSSR count). The highest BCUT2D eigenvalue weighted by atomic mass is 32.2. The predicted molar refractivity (Wildman–Crippen MR) is 108 cm³/mol. The summed E-state index contributed by atoms with van der Waals surface area (Å²) >= 11 is 0. The molecule has 1 aromatic rings. The molecule has 0 unspecified atom stereocenters. The standard InChI is InChI=1S/C21H31N3O3S/c1-16(2)14-19-20(25)24(15-17-8-9-17)21(22-19)10-12-23(13-11-21)28(26,27)18-6-4-3-5-7-18/h3-7,16-17,19,22H,8-15H2,1-2H3/t19-/m1/s1. The largest absolute Gasteiger partial charge is 0.323 e. The van der Waals surface area contributed by atoms with Crippen molar-refractivity contribution in [2.75, 3.05) is 19.6 Å². The van der Waals surface area contributed by atoms with Gasteiger partial charge in [0.25, 0.3) is 0 Å². The highest BCUT2D eigenvalue weighted by Crippen LogP contribution is 2.39. The van der Waals surface area contributed by atoms with Gasteiger partial charge in [-0.25, -0.2) is 8.42 Å².